The lowest BCUT2D eigenvalue weighted by Gasteiger charge is -2.12. The Morgan fingerprint density at radius 3 is 1.51 bits per heavy atom. The van der Waals surface area contributed by atoms with Gasteiger partial charge >= 0.3 is 0 Å². The van der Waals surface area contributed by atoms with E-state index in [-0.39, 0.29) is 0 Å². The predicted octanol–water partition coefficient (Wildman–Crippen LogP) is 15.5. The minimum Gasteiger partial charge on any atom is -0.309 e. The summed E-state index contributed by atoms with van der Waals surface area (Å²) in [7, 11) is 0. The Balaban J connectivity index is 1.08. The maximum Gasteiger partial charge on any atom is 0.0641 e. The van der Waals surface area contributed by atoms with Gasteiger partial charge in [0, 0.05) is 49.1 Å². The van der Waals surface area contributed by atoms with Crippen molar-refractivity contribution < 1.29 is 0 Å². The summed E-state index contributed by atoms with van der Waals surface area (Å²) >= 11 is 0. The van der Waals surface area contributed by atoms with Crippen molar-refractivity contribution in [2.75, 3.05) is 0 Å². The zero-order chi connectivity index (χ0) is 40.0. The van der Waals surface area contributed by atoms with Crippen LogP contribution in [0.5, 0.6) is 0 Å². The van der Waals surface area contributed by atoms with E-state index in [1.165, 1.54) is 104 Å². The minimum atomic E-state index is 1.14. The number of fused-ring (bicyclic) bond motifs is 11. The number of aromatic nitrogens is 3. The number of benzene rings is 10. The molecule has 0 aliphatic heterocycles. The molecule has 0 fully saturated rings. The monoisotopic (exact) mass is 775 g/mol. The largest absolute Gasteiger partial charge is 0.309 e. The summed E-state index contributed by atoms with van der Waals surface area (Å²) in [5.74, 6) is 0. The van der Waals surface area contributed by atoms with Crippen molar-refractivity contribution >= 4 is 76.2 Å². The number of nitrogens with zero attached hydrogens (tertiary/aromatic N) is 3. The lowest BCUT2D eigenvalue weighted by Crippen LogP contribution is -1.95. The molecule has 13 rings (SSSR count). The highest BCUT2D eigenvalue weighted by atomic mass is 15.0. The van der Waals surface area contributed by atoms with Gasteiger partial charge in [0.05, 0.1) is 38.8 Å². The third-order valence-electron chi connectivity index (χ3n) is 12.8. The van der Waals surface area contributed by atoms with Gasteiger partial charge < -0.3 is 13.7 Å². The molecule has 0 aliphatic carbocycles. The van der Waals surface area contributed by atoms with Gasteiger partial charge in [0.15, 0.2) is 0 Å². The highest BCUT2D eigenvalue weighted by molar-refractivity contribution is 6.26. The topological polar surface area (TPSA) is 14.8 Å². The van der Waals surface area contributed by atoms with Gasteiger partial charge in [0.25, 0.3) is 0 Å². The number of rotatable bonds is 5. The van der Waals surface area contributed by atoms with Crippen LogP contribution in [0.15, 0.2) is 224 Å². The van der Waals surface area contributed by atoms with Crippen LogP contribution in [0.25, 0.3) is 116 Å². The molecule has 0 spiro atoms. The van der Waals surface area contributed by atoms with Crippen molar-refractivity contribution in [2.45, 2.75) is 0 Å². The van der Waals surface area contributed by atoms with Crippen LogP contribution in [0.1, 0.15) is 0 Å². The van der Waals surface area contributed by atoms with Crippen LogP contribution >= 0.6 is 0 Å². The molecule has 0 aliphatic rings. The summed E-state index contributed by atoms with van der Waals surface area (Å²) in [6.45, 7) is 0. The summed E-state index contributed by atoms with van der Waals surface area (Å²) in [5, 5.41) is 9.94. The smallest absolute Gasteiger partial charge is 0.0641 e. The van der Waals surface area contributed by atoms with Crippen LogP contribution in [0.2, 0.25) is 0 Å². The van der Waals surface area contributed by atoms with Crippen molar-refractivity contribution in [3.63, 3.8) is 0 Å². The fraction of sp³-hybridized carbons (Fsp3) is 0. The number of para-hydroxylation sites is 3. The van der Waals surface area contributed by atoms with Gasteiger partial charge in [-0.2, -0.15) is 0 Å². The normalized spacial score (nSPS) is 11.9. The zero-order valence-corrected chi connectivity index (χ0v) is 33.2. The Morgan fingerprint density at radius 1 is 0.246 bits per heavy atom. The molecule has 61 heavy (non-hydrogen) atoms. The average molecular weight is 776 g/mol. The van der Waals surface area contributed by atoms with Gasteiger partial charge in [-0.3, -0.25) is 0 Å². The number of hydrogen-bond donors (Lipinski definition) is 0. The minimum absolute atomic E-state index is 1.14. The summed E-state index contributed by atoms with van der Waals surface area (Å²) in [6.07, 6.45) is 0. The molecule has 284 valence electrons. The molecule has 0 saturated heterocycles. The molecule has 3 aromatic heterocycles. The van der Waals surface area contributed by atoms with E-state index in [4.69, 9.17) is 0 Å². The molecule has 0 radical (unpaired) electrons. The highest BCUT2D eigenvalue weighted by Gasteiger charge is 2.22. The molecule has 0 saturated carbocycles. The average Bonchev–Trinajstić information content (AvgIpc) is 3.97. The maximum absolute atomic E-state index is 2.47. The Bertz CT molecular complexity index is 3840. The molecule has 0 amide bonds. The van der Waals surface area contributed by atoms with Gasteiger partial charge in [0.1, 0.15) is 0 Å². The van der Waals surface area contributed by atoms with Crippen molar-refractivity contribution in [2.24, 2.45) is 0 Å². The van der Waals surface area contributed by atoms with Crippen molar-refractivity contribution in [3.8, 4) is 39.3 Å². The van der Waals surface area contributed by atoms with Crippen molar-refractivity contribution in [3.05, 3.63) is 224 Å². The van der Waals surface area contributed by atoms with E-state index in [9.17, 15) is 0 Å². The van der Waals surface area contributed by atoms with Crippen LogP contribution in [0.4, 0.5) is 0 Å². The van der Waals surface area contributed by atoms with Crippen LogP contribution in [-0.2, 0) is 0 Å². The van der Waals surface area contributed by atoms with Crippen LogP contribution in [0, 0.1) is 0 Å². The molecule has 0 bridgehead atoms. The van der Waals surface area contributed by atoms with Gasteiger partial charge in [0.2, 0.25) is 0 Å². The first-order valence-corrected chi connectivity index (χ1v) is 21.0. The van der Waals surface area contributed by atoms with E-state index in [0.717, 1.165) is 11.4 Å². The second-order valence-corrected chi connectivity index (χ2v) is 16.1. The van der Waals surface area contributed by atoms with E-state index in [2.05, 4.69) is 238 Å². The third kappa shape index (κ3) is 5.04. The lowest BCUT2D eigenvalue weighted by molar-refractivity contribution is 1.17. The van der Waals surface area contributed by atoms with Crippen molar-refractivity contribution in [1.82, 2.24) is 13.7 Å². The fourth-order valence-corrected chi connectivity index (χ4v) is 10.1. The van der Waals surface area contributed by atoms with Gasteiger partial charge in [-0.15, -0.1) is 0 Å². The van der Waals surface area contributed by atoms with Crippen LogP contribution in [0.3, 0.4) is 0 Å². The third-order valence-corrected chi connectivity index (χ3v) is 12.8. The van der Waals surface area contributed by atoms with Crippen molar-refractivity contribution in [1.29, 1.82) is 0 Å². The van der Waals surface area contributed by atoms with E-state index < -0.39 is 0 Å². The van der Waals surface area contributed by atoms with Gasteiger partial charge in [-0.05, 0) is 100 Å². The molecule has 3 nitrogen and oxygen atoms in total. The summed E-state index contributed by atoms with van der Waals surface area (Å²) in [6, 6.07) is 82.2. The molecular formula is C58H37N3. The first-order valence-electron chi connectivity index (χ1n) is 21.0. The predicted molar refractivity (Wildman–Crippen MR) is 258 cm³/mol. The second-order valence-electron chi connectivity index (χ2n) is 16.1. The molecule has 13 aromatic rings. The van der Waals surface area contributed by atoms with Gasteiger partial charge in [-0.25, -0.2) is 0 Å². The SMILES string of the molecule is c1ccc(-c2ccc(-n3c4ccc(-c5ccc6c(c5)c5ccccc5n6-c5cccc6ccccc56)cc4c4c3ccc3c5ccccc5n(-c5ccccc5)c34)cc2)cc1. The molecule has 3 heteroatoms. The molecule has 0 atom stereocenters. The zero-order valence-electron chi connectivity index (χ0n) is 33.2. The Hall–Kier alpha value is -8.14. The Labute approximate surface area is 352 Å². The number of hydrogen-bond acceptors (Lipinski definition) is 0. The van der Waals surface area contributed by atoms with E-state index in [1.54, 1.807) is 0 Å². The maximum atomic E-state index is 2.47. The molecule has 3 heterocycles. The quantitative estimate of drug-likeness (QED) is 0.165. The first-order chi connectivity index (χ1) is 30.3. The Kier molecular flexibility index (Phi) is 7.31. The first kappa shape index (κ1) is 33.8. The molecule has 10 aromatic carbocycles. The molecular weight excluding hydrogens is 739 g/mol. The van der Waals surface area contributed by atoms with Crippen LogP contribution in [-0.4, -0.2) is 13.7 Å². The van der Waals surface area contributed by atoms with E-state index >= 15 is 0 Å². The van der Waals surface area contributed by atoms with Gasteiger partial charge in [-0.1, -0.05) is 152 Å². The highest BCUT2D eigenvalue weighted by Crippen LogP contribution is 2.44. The van der Waals surface area contributed by atoms with E-state index in [0.29, 0.717) is 0 Å². The lowest BCUT2D eigenvalue weighted by atomic mass is 10.00. The molecule has 0 N–H and O–H groups in total. The summed E-state index contributed by atoms with van der Waals surface area (Å²) in [4.78, 5) is 0. The Morgan fingerprint density at radius 2 is 0.754 bits per heavy atom. The standard InChI is InChI=1S/C58H37N3/c1-3-14-38(15-4-1)39-26-30-44(31-27-39)59-55-34-29-42(37-50(55)57-56(59)35-32-48-46-21-9-11-23-52(46)60(58(48)57)43-18-5-2-6-19-43)41-28-33-54-49(36-41)47-22-10-12-24-53(47)61(54)51-25-13-17-40-16-7-8-20-45(40)51/h1-37H. The fourth-order valence-electron chi connectivity index (χ4n) is 10.1. The second kappa shape index (κ2) is 13.2. The molecule has 0 unspecified atom stereocenters. The summed E-state index contributed by atoms with van der Waals surface area (Å²) < 4.78 is 7.36. The van der Waals surface area contributed by atoms with Crippen LogP contribution < -0.4 is 0 Å². The summed E-state index contributed by atoms with van der Waals surface area (Å²) in [5.41, 5.74) is 15.5. The van der Waals surface area contributed by atoms with E-state index in [1.807, 2.05) is 0 Å².